The highest BCUT2D eigenvalue weighted by Gasteiger charge is 2.10. The van der Waals surface area contributed by atoms with E-state index >= 15 is 0 Å². The maximum atomic E-state index is 10.7. The van der Waals surface area contributed by atoms with E-state index in [1.165, 1.54) is 11.8 Å². The van der Waals surface area contributed by atoms with Crippen LogP contribution in [0.2, 0.25) is 0 Å². The molecule has 0 spiro atoms. The van der Waals surface area contributed by atoms with E-state index in [1.54, 1.807) is 17.4 Å². The van der Waals surface area contributed by atoms with Crippen molar-refractivity contribution >= 4 is 33.2 Å². The van der Waals surface area contributed by atoms with Crippen LogP contribution >= 0.6 is 27.3 Å². The van der Waals surface area contributed by atoms with Crippen molar-refractivity contribution in [2.45, 2.75) is 13.1 Å². The summed E-state index contributed by atoms with van der Waals surface area (Å²) in [4.78, 5) is 12.8. The SMILES string of the molecule is CN(Cc1csc(Br)c1)Cc1cc(C(=O)O)co1. The van der Waals surface area contributed by atoms with Gasteiger partial charge < -0.3 is 9.52 Å². The lowest BCUT2D eigenvalue weighted by Crippen LogP contribution is -2.16. The van der Waals surface area contributed by atoms with Crippen molar-refractivity contribution in [3.63, 3.8) is 0 Å². The molecule has 0 aliphatic heterocycles. The third-order valence-corrected chi connectivity index (χ3v) is 3.95. The van der Waals surface area contributed by atoms with Gasteiger partial charge in [0.1, 0.15) is 12.0 Å². The average Bonchev–Trinajstić information content (AvgIpc) is 2.88. The van der Waals surface area contributed by atoms with Crippen LogP contribution in [0.5, 0.6) is 0 Å². The first-order chi connectivity index (χ1) is 8.54. The third-order valence-electron chi connectivity index (χ3n) is 2.40. The van der Waals surface area contributed by atoms with E-state index < -0.39 is 5.97 Å². The van der Waals surface area contributed by atoms with Gasteiger partial charge in [-0.1, -0.05) is 0 Å². The smallest absolute Gasteiger partial charge is 0.338 e. The molecule has 2 rings (SSSR count). The van der Waals surface area contributed by atoms with Crippen LogP contribution in [0.4, 0.5) is 0 Å². The van der Waals surface area contributed by atoms with Crippen molar-refractivity contribution in [2.75, 3.05) is 7.05 Å². The zero-order chi connectivity index (χ0) is 13.1. The van der Waals surface area contributed by atoms with Crippen molar-refractivity contribution in [1.82, 2.24) is 4.90 Å². The van der Waals surface area contributed by atoms with E-state index in [0.29, 0.717) is 12.3 Å². The second-order valence-electron chi connectivity index (χ2n) is 4.04. The Hall–Kier alpha value is -1.11. The molecule has 6 heteroatoms. The predicted molar refractivity (Wildman–Crippen MR) is 72.9 cm³/mol. The van der Waals surface area contributed by atoms with Crippen LogP contribution in [0.3, 0.4) is 0 Å². The van der Waals surface area contributed by atoms with E-state index in [0.717, 1.165) is 10.3 Å². The molecule has 0 aliphatic rings. The molecule has 4 nitrogen and oxygen atoms in total. The average molecular weight is 330 g/mol. The van der Waals surface area contributed by atoms with Crippen LogP contribution in [-0.4, -0.2) is 23.0 Å². The summed E-state index contributed by atoms with van der Waals surface area (Å²) < 4.78 is 6.32. The number of furan rings is 1. The maximum Gasteiger partial charge on any atom is 0.338 e. The number of carboxylic acid groups (broad SMARTS) is 1. The number of aromatic carboxylic acids is 1. The zero-order valence-electron chi connectivity index (χ0n) is 9.72. The van der Waals surface area contributed by atoms with Crippen molar-refractivity contribution in [3.05, 3.63) is 44.4 Å². The van der Waals surface area contributed by atoms with Crippen LogP contribution in [-0.2, 0) is 13.1 Å². The second-order valence-corrected chi connectivity index (χ2v) is 6.33. The summed E-state index contributed by atoms with van der Waals surface area (Å²) in [5.41, 5.74) is 1.41. The summed E-state index contributed by atoms with van der Waals surface area (Å²) in [5, 5.41) is 10.9. The maximum absolute atomic E-state index is 10.7. The van der Waals surface area contributed by atoms with Crippen molar-refractivity contribution in [1.29, 1.82) is 0 Å². The molecule has 0 unspecified atom stereocenters. The van der Waals surface area contributed by atoms with Crippen LogP contribution in [0.1, 0.15) is 21.7 Å². The first kappa shape index (κ1) is 13.3. The van der Waals surface area contributed by atoms with Crippen molar-refractivity contribution < 1.29 is 14.3 Å². The lowest BCUT2D eigenvalue weighted by atomic mass is 10.3. The fraction of sp³-hybridized carbons (Fsp3) is 0.250. The number of thiophene rings is 1. The van der Waals surface area contributed by atoms with Crippen LogP contribution in [0.15, 0.2) is 32.0 Å². The largest absolute Gasteiger partial charge is 0.478 e. The molecule has 2 aromatic rings. The normalized spacial score (nSPS) is 11.1. The minimum absolute atomic E-state index is 0.191. The quantitative estimate of drug-likeness (QED) is 0.912. The number of rotatable bonds is 5. The Morgan fingerprint density at radius 1 is 1.50 bits per heavy atom. The molecule has 0 saturated heterocycles. The summed E-state index contributed by atoms with van der Waals surface area (Å²) in [5.74, 6) is -0.307. The molecule has 18 heavy (non-hydrogen) atoms. The molecule has 0 fully saturated rings. The molecule has 2 heterocycles. The number of carbonyl (C=O) groups is 1. The van der Waals surface area contributed by atoms with Gasteiger partial charge in [0.2, 0.25) is 0 Å². The Balaban J connectivity index is 1.94. The Bertz CT molecular complexity index is 549. The summed E-state index contributed by atoms with van der Waals surface area (Å²) in [7, 11) is 1.97. The van der Waals surface area contributed by atoms with Gasteiger partial charge in [-0.25, -0.2) is 4.79 Å². The highest BCUT2D eigenvalue weighted by atomic mass is 79.9. The predicted octanol–water partition coefficient (Wildman–Crippen LogP) is 3.43. The van der Waals surface area contributed by atoms with Crippen LogP contribution < -0.4 is 0 Å². The summed E-state index contributed by atoms with van der Waals surface area (Å²) >= 11 is 5.07. The molecular formula is C12H12BrNO3S. The first-order valence-corrected chi connectivity index (χ1v) is 6.94. The van der Waals surface area contributed by atoms with Crippen molar-refractivity contribution in [3.8, 4) is 0 Å². The fourth-order valence-electron chi connectivity index (χ4n) is 1.64. The van der Waals surface area contributed by atoms with E-state index in [2.05, 4.69) is 32.3 Å². The zero-order valence-corrected chi connectivity index (χ0v) is 12.1. The summed E-state index contributed by atoms with van der Waals surface area (Å²) in [6, 6.07) is 3.63. The van der Waals surface area contributed by atoms with Gasteiger partial charge in [0.15, 0.2) is 0 Å². The topological polar surface area (TPSA) is 53.7 Å². The Morgan fingerprint density at radius 3 is 2.83 bits per heavy atom. The second kappa shape index (κ2) is 5.69. The molecule has 0 bridgehead atoms. The summed E-state index contributed by atoms with van der Waals surface area (Å²) in [6.07, 6.45) is 1.27. The van der Waals surface area contributed by atoms with Gasteiger partial charge in [0.05, 0.1) is 15.9 Å². The molecule has 2 aromatic heterocycles. The number of halogens is 1. The minimum atomic E-state index is -0.964. The van der Waals surface area contributed by atoms with Gasteiger partial charge in [-0.05, 0) is 46.1 Å². The van der Waals surface area contributed by atoms with E-state index in [4.69, 9.17) is 9.52 Å². The molecule has 0 atom stereocenters. The number of hydrogen-bond acceptors (Lipinski definition) is 4. The molecule has 0 saturated carbocycles. The molecule has 0 amide bonds. The van der Waals surface area contributed by atoms with E-state index in [9.17, 15) is 4.79 Å². The van der Waals surface area contributed by atoms with Crippen molar-refractivity contribution in [2.24, 2.45) is 0 Å². The lowest BCUT2D eigenvalue weighted by Gasteiger charge is -2.13. The van der Waals surface area contributed by atoms with Gasteiger partial charge in [-0.2, -0.15) is 0 Å². The number of carboxylic acids is 1. The van der Waals surface area contributed by atoms with Gasteiger partial charge in [0.25, 0.3) is 0 Å². The fourth-order valence-corrected chi connectivity index (χ4v) is 2.84. The van der Waals surface area contributed by atoms with E-state index in [-0.39, 0.29) is 5.56 Å². The van der Waals surface area contributed by atoms with E-state index in [1.807, 2.05) is 7.05 Å². The van der Waals surface area contributed by atoms with Gasteiger partial charge in [-0.3, -0.25) is 4.90 Å². The van der Waals surface area contributed by atoms with Gasteiger partial charge in [0, 0.05) is 6.54 Å². The standard InChI is InChI=1S/C12H12BrNO3S/c1-14(4-8-2-11(13)18-7-8)5-10-3-9(6-17-10)12(15)16/h2-3,6-7H,4-5H2,1H3,(H,15,16). The first-order valence-electron chi connectivity index (χ1n) is 5.27. The minimum Gasteiger partial charge on any atom is -0.478 e. The van der Waals surface area contributed by atoms with Gasteiger partial charge in [-0.15, -0.1) is 11.3 Å². The Kier molecular flexibility index (Phi) is 4.21. The van der Waals surface area contributed by atoms with Crippen LogP contribution in [0.25, 0.3) is 0 Å². The highest BCUT2D eigenvalue weighted by Crippen LogP contribution is 2.22. The Labute approximate surface area is 117 Å². The number of nitrogens with zero attached hydrogens (tertiary/aromatic N) is 1. The lowest BCUT2D eigenvalue weighted by molar-refractivity contribution is 0.0696. The highest BCUT2D eigenvalue weighted by molar-refractivity contribution is 9.11. The van der Waals surface area contributed by atoms with Gasteiger partial charge >= 0.3 is 5.97 Å². The monoisotopic (exact) mass is 329 g/mol. The molecule has 0 aliphatic carbocycles. The molecule has 1 N–H and O–H groups in total. The Morgan fingerprint density at radius 2 is 2.28 bits per heavy atom. The van der Waals surface area contributed by atoms with Crippen LogP contribution in [0, 0.1) is 0 Å². The number of hydrogen-bond donors (Lipinski definition) is 1. The molecule has 96 valence electrons. The summed E-state index contributed by atoms with van der Waals surface area (Å²) in [6.45, 7) is 1.38. The molecular weight excluding hydrogens is 318 g/mol. The molecule has 0 radical (unpaired) electrons. The molecule has 0 aromatic carbocycles. The third kappa shape index (κ3) is 3.44.